The number of hydrogen-bond acceptors (Lipinski definition) is 8. The van der Waals surface area contributed by atoms with Gasteiger partial charge in [0.2, 0.25) is 11.8 Å². The number of nitrogens with zero attached hydrogens (tertiary/aromatic N) is 3. The molecule has 222 valence electrons. The minimum Gasteiger partial charge on any atom is -0.476 e. The van der Waals surface area contributed by atoms with Gasteiger partial charge in [0, 0.05) is 47.5 Å². The van der Waals surface area contributed by atoms with E-state index in [2.05, 4.69) is 39.1 Å². The van der Waals surface area contributed by atoms with Crippen LogP contribution in [0.5, 0.6) is 5.88 Å². The molecule has 3 N–H and O–H groups in total. The molecular formula is C33H36N6O3S. The molecule has 4 aromatic rings. The quantitative estimate of drug-likeness (QED) is 0.172. The van der Waals surface area contributed by atoms with Crippen molar-refractivity contribution in [3.05, 3.63) is 58.7 Å². The first-order chi connectivity index (χ1) is 21.1. The van der Waals surface area contributed by atoms with E-state index in [0.717, 1.165) is 68.0 Å². The lowest BCUT2D eigenvalue weighted by Crippen LogP contribution is -2.26. The van der Waals surface area contributed by atoms with E-state index in [0.29, 0.717) is 40.7 Å². The van der Waals surface area contributed by atoms with Crippen LogP contribution in [-0.4, -0.2) is 46.5 Å². The van der Waals surface area contributed by atoms with Gasteiger partial charge in [0.25, 0.3) is 5.91 Å². The molecule has 0 bridgehead atoms. The summed E-state index contributed by atoms with van der Waals surface area (Å²) in [6.45, 7) is 1.83. The van der Waals surface area contributed by atoms with Crippen LogP contribution in [-0.2, 0) is 17.6 Å². The van der Waals surface area contributed by atoms with Crippen molar-refractivity contribution in [2.24, 2.45) is 11.8 Å². The van der Waals surface area contributed by atoms with Crippen LogP contribution >= 0.6 is 11.3 Å². The van der Waals surface area contributed by atoms with Crippen molar-refractivity contribution in [3.63, 3.8) is 0 Å². The Morgan fingerprint density at radius 2 is 1.86 bits per heavy atom. The number of nitrogens with one attached hydrogen (secondary N) is 3. The molecule has 2 amide bonds. The molecule has 2 saturated carbocycles. The van der Waals surface area contributed by atoms with Gasteiger partial charge in [-0.05, 0) is 87.5 Å². The highest BCUT2D eigenvalue weighted by molar-refractivity contribution is 7.17. The first-order valence-corrected chi connectivity index (χ1v) is 16.3. The maximum absolute atomic E-state index is 13.3. The van der Waals surface area contributed by atoms with Crippen LogP contribution in [0.25, 0.3) is 21.5 Å². The molecule has 3 heterocycles. The van der Waals surface area contributed by atoms with Crippen molar-refractivity contribution in [2.75, 3.05) is 30.3 Å². The highest BCUT2D eigenvalue weighted by Gasteiger charge is 2.30. The summed E-state index contributed by atoms with van der Waals surface area (Å²) in [4.78, 5) is 40.0. The summed E-state index contributed by atoms with van der Waals surface area (Å²) in [7, 11) is 0. The summed E-state index contributed by atoms with van der Waals surface area (Å²) in [5, 5.41) is 11.5. The number of aryl methyl sites for hydroxylation is 1. The molecule has 43 heavy (non-hydrogen) atoms. The second kappa shape index (κ2) is 12.3. The Bertz CT molecular complexity index is 1660. The van der Waals surface area contributed by atoms with Crippen LogP contribution in [0.1, 0.15) is 65.9 Å². The van der Waals surface area contributed by atoms with Crippen LogP contribution in [0.2, 0.25) is 0 Å². The topological polar surface area (TPSA) is 118 Å². The highest BCUT2D eigenvalue weighted by Crippen LogP contribution is 2.36. The van der Waals surface area contributed by atoms with E-state index in [-0.39, 0.29) is 17.7 Å². The zero-order chi connectivity index (χ0) is 29.2. The van der Waals surface area contributed by atoms with Gasteiger partial charge in [-0.2, -0.15) is 0 Å². The van der Waals surface area contributed by atoms with Gasteiger partial charge in [-0.25, -0.2) is 9.97 Å². The Balaban J connectivity index is 1.01. The Labute approximate surface area is 254 Å². The lowest BCUT2D eigenvalue weighted by Gasteiger charge is -2.21. The number of fused-ring (bicyclic) bond motifs is 2. The average molecular weight is 597 g/mol. The first kappa shape index (κ1) is 27.8. The summed E-state index contributed by atoms with van der Waals surface area (Å²) in [5.74, 6) is 1.31. The van der Waals surface area contributed by atoms with Gasteiger partial charge in [0.1, 0.15) is 10.8 Å². The first-order valence-electron chi connectivity index (χ1n) is 15.5. The summed E-state index contributed by atoms with van der Waals surface area (Å²) in [6, 6.07) is 12.0. The SMILES string of the molecule is O=C(NCCCNc1c2c(nc3ccccc13)CCCC2)c1sc(-c2ccnc(NC(=O)C3CC3)c2)nc1OCC1CC1. The third-order valence-electron chi connectivity index (χ3n) is 8.27. The average Bonchev–Trinajstić information content (AvgIpc) is 3.97. The van der Waals surface area contributed by atoms with Crippen molar-refractivity contribution >= 4 is 45.6 Å². The van der Waals surface area contributed by atoms with Crippen LogP contribution in [0.4, 0.5) is 11.5 Å². The monoisotopic (exact) mass is 596 g/mol. The predicted octanol–water partition coefficient (Wildman–Crippen LogP) is 6.00. The molecule has 0 spiro atoms. The van der Waals surface area contributed by atoms with Gasteiger partial charge in [0.15, 0.2) is 4.88 Å². The standard InChI is InChI=1S/C33H36N6O3S/c40-30(21-12-13-21)38-27-18-22(14-17-34-27)33-39-32(42-19-20-10-11-20)29(43-33)31(41)36-16-5-15-35-28-23-6-1-3-8-25(23)37-26-9-4-2-7-24(26)28/h1,3,6,8,14,17-18,20-21H,2,4-5,7,9-13,15-16,19H2,(H,35,37)(H,36,41)(H,34,38,40). The van der Waals surface area contributed by atoms with Gasteiger partial charge in [-0.3, -0.25) is 14.6 Å². The molecule has 2 fully saturated rings. The van der Waals surface area contributed by atoms with Crippen molar-refractivity contribution in [3.8, 4) is 16.5 Å². The van der Waals surface area contributed by atoms with Crippen LogP contribution in [0.15, 0.2) is 42.6 Å². The van der Waals surface area contributed by atoms with Crippen molar-refractivity contribution in [1.29, 1.82) is 0 Å². The van der Waals surface area contributed by atoms with Crippen LogP contribution in [0, 0.1) is 11.8 Å². The van der Waals surface area contributed by atoms with E-state index in [1.807, 2.05) is 12.1 Å². The van der Waals surface area contributed by atoms with Crippen molar-refractivity contribution in [2.45, 2.75) is 57.8 Å². The number of ether oxygens (including phenoxy) is 1. The number of thiazole rings is 1. The van der Waals surface area contributed by atoms with Gasteiger partial charge in [-0.1, -0.05) is 18.2 Å². The smallest absolute Gasteiger partial charge is 0.267 e. The fourth-order valence-electron chi connectivity index (χ4n) is 5.52. The van der Waals surface area contributed by atoms with Gasteiger partial charge < -0.3 is 20.7 Å². The fraction of sp³-hybridized carbons (Fsp3) is 0.424. The molecule has 9 nitrogen and oxygen atoms in total. The zero-order valence-corrected chi connectivity index (χ0v) is 25.0. The molecule has 0 aliphatic heterocycles. The van der Waals surface area contributed by atoms with E-state index in [1.54, 1.807) is 12.3 Å². The molecule has 0 radical (unpaired) electrons. The molecule has 3 aromatic heterocycles. The number of carbonyl (C=O) groups is 2. The number of pyridine rings is 2. The molecule has 7 rings (SSSR count). The molecule has 3 aliphatic carbocycles. The number of benzene rings is 1. The molecule has 1 aromatic carbocycles. The number of hydrogen-bond donors (Lipinski definition) is 3. The van der Waals surface area contributed by atoms with Crippen LogP contribution in [0.3, 0.4) is 0 Å². The Morgan fingerprint density at radius 1 is 1.00 bits per heavy atom. The van der Waals surface area contributed by atoms with E-state index in [9.17, 15) is 9.59 Å². The minimum atomic E-state index is -0.183. The molecule has 0 atom stereocenters. The maximum Gasteiger partial charge on any atom is 0.267 e. The normalized spacial score (nSPS) is 16.0. The minimum absolute atomic E-state index is 0.00352. The van der Waals surface area contributed by atoms with Crippen molar-refractivity contribution in [1.82, 2.24) is 20.3 Å². The number of amides is 2. The molecule has 0 saturated heterocycles. The van der Waals surface area contributed by atoms with Crippen LogP contribution < -0.4 is 20.7 Å². The van der Waals surface area contributed by atoms with E-state index < -0.39 is 0 Å². The summed E-state index contributed by atoms with van der Waals surface area (Å²) < 4.78 is 6.03. The molecule has 3 aliphatic rings. The summed E-state index contributed by atoms with van der Waals surface area (Å²) >= 11 is 1.31. The van der Waals surface area contributed by atoms with Gasteiger partial charge in [-0.15, -0.1) is 11.3 Å². The Hall–Kier alpha value is -4.05. The third-order valence-corrected chi connectivity index (χ3v) is 9.36. The van der Waals surface area contributed by atoms with E-state index in [4.69, 9.17) is 14.7 Å². The predicted molar refractivity (Wildman–Crippen MR) is 169 cm³/mol. The fourth-order valence-corrected chi connectivity index (χ4v) is 6.44. The zero-order valence-electron chi connectivity index (χ0n) is 24.2. The number of aromatic nitrogens is 3. The second-order valence-corrected chi connectivity index (χ2v) is 12.8. The number of para-hydroxylation sites is 1. The second-order valence-electron chi connectivity index (χ2n) is 11.8. The Kier molecular flexibility index (Phi) is 7.93. The molecule has 0 unspecified atom stereocenters. The number of carbonyl (C=O) groups excluding carboxylic acids is 2. The van der Waals surface area contributed by atoms with Gasteiger partial charge in [0.05, 0.1) is 12.1 Å². The summed E-state index contributed by atoms with van der Waals surface area (Å²) in [5.41, 5.74) is 5.57. The summed E-state index contributed by atoms with van der Waals surface area (Å²) in [6.07, 6.45) is 11.0. The van der Waals surface area contributed by atoms with Gasteiger partial charge >= 0.3 is 0 Å². The molecular weight excluding hydrogens is 560 g/mol. The number of rotatable bonds is 12. The lowest BCUT2D eigenvalue weighted by molar-refractivity contribution is -0.117. The highest BCUT2D eigenvalue weighted by atomic mass is 32.1. The van der Waals surface area contributed by atoms with E-state index in [1.165, 1.54) is 41.1 Å². The van der Waals surface area contributed by atoms with Crippen molar-refractivity contribution < 1.29 is 14.3 Å². The Morgan fingerprint density at radius 3 is 2.72 bits per heavy atom. The largest absolute Gasteiger partial charge is 0.476 e. The number of anilines is 2. The lowest BCUT2D eigenvalue weighted by atomic mass is 9.92. The van der Waals surface area contributed by atoms with E-state index >= 15 is 0 Å². The molecule has 10 heteroatoms. The maximum atomic E-state index is 13.3. The third kappa shape index (κ3) is 6.49.